The van der Waals surface area contributed by atoms with E-state index in [0.29, 0.717) is 0 Å². The number of hydrogen-bond donors (Lipinski definition) is 0. The summed E-state index contributed by atoms with van der Waals surface area (Å²) in [6.45, 7) is 0. The minimum Gasteiger partial charge on any atom is -0.464 e. The third kappa shape index (κ3) is 3.99. The third-order valence-electron chi connectivity index (χ3n) is 7.97. The Balaban J connectivity index is 0.979. The molecule has 4 nitrogen and oxygen atoms in total. The van der Waals surface area contributed by atoms with Gasteiger partial charge in [-0.25, -0.2) is 9.97 Å². The highest BCUT2D eigenvalue weighted by atomic mass is 32.1. The number of nitrogens with zero attached hydrogens (tertiary/aromatic N) is 2. The van der Waals surface area contributed by atoms with Crippen LogP contribution in [0, 0.1) is 0 Å². The zero-order valence-electron chi connectivity index (χ0n) is 22.7. The molecule has 0 aliphatic carbocycles. The van der Waals surface area contributed by atoms with Gasteiger partial charge in [0.05, 0.1) is 42.7 Å². The average Bonchev–Trinajstić information content (AvgIpc) is 3.89. The number of furan rings is 2. The van der Waals surface area contributed by atoms with Crippen molar-refractivity contribution in [2.75, 3.05) is 0 Å². The minimum absolute atomic E-state index is 0.911. The Hall–Kier alpha value is -4.60. The molecule has 0 atom stereocenters. The van der Waals surface area contributed by atoms with Gasteiger partial charge in [-0.2, -0.15) is 0 Å². The van der Waals surface area contributed by atoms with Gasteiger partial charge in [-0.1, -0.05) is 24.3 Å². The van der Waals surface area contributed by atoms with Gasteiger partial charge in [-0.3, -0.25) is 0 Å². The molecule has 0 amide bonds. The number of rotatable bonds is 4. The van der Waals surface area contributed by atoms with E-state index >= 15 is 0 Å². The Bertz CT molecular complexity index is 2440. The highest BCUT2D eigenvalue weighted by Gasteiger charge is 2.15. The van der Waals surface area contributed by atoms with Gasteiger partial charge in [0.25, 0.3) is 0 Å². The fourth-order valence-corrected chi connectivity index (χ4v) is 9.84. The van der Waals surface area contributed by atoms with Crippen molar-refractivity contribution in [2.45, 2.75) is 0 Å². The van der Waals surface area contributed by atoms with Crippen molar-refractivity contribution < 1.29 is 8.83 Å². The van der Waals surface area contributed by atoms with E-state index in [1.54, 1.807) is 57.9 Å². The molecule has 0 N–H and O–H groups in total. The lowest BCUT2D eigenvalue weighted by Gasteiger charge is -1.97. The van der Waals surface area contributed by atoms with Crippen molar-refractivity contribution in [3.05, 3.63) is 110 Å². The summed E-state index contributed by atoms with van der Waals surface area (Å²) in [5.41, 5.74) is 6.21. The Morgan fingerprint density at radius 2 is 0.886 bits per heavy atom. The van der Waals surface area contributed by atoms with Crippen molar-refractivity contribution in [1.82, 2.24) is 9.97 Å². The van der Waals surface area contributed by atoms with Crippen LogP contribution in [0.3, 0.4) is 0 Å². The molecular formula is C36H18N2O2S4. The van der Waals surface area contributed by atoms with Crippen LogP contribution in [0.4, 0.5) is 0 Å². The Morgan fingerprint density at radius 3 is 1.39 bits per heavy atom. The van der Waals surface area contributed by atoms with Crippen LogP contribution in [0.2, 0.25) is 0 Å². The fraction of sp³-hybridized carbons (Fsp3) is 0. The molecule has 0 fully saturated rings. The Labute approximate surface area is 266 Å². The van der Waals surface area contributed by atoms with Gasteiger partial charge in [-0.05, 0) is 94.7 Å². The van der Waals surface area contributed by atoms with E-state index < -0.39 is 0 Å². The van der Waals surface area contributed by atoms with Crippen LogP contribution < -0.4 is 0 Å². The van der Waals surface area contributed by atoms with Crippen LogP contribution >= 0.6 is 45.3 Å². The normalized spacial score (nSPS) is 12.1. The van der Waals surface area contributed by atoms with Gasteiger partial charge in [0, 0.05) is 20.5 Å². The summed E-state index contributed by atoms with van der Waals surface area (Å²) in [5, 5.41) is 6.72. The monoisotopic (exact) mass is 638 g/mol. The number of fused-ring (bicyclic) bond motifs is 5. The first-order valence-corrected chi connectivity index (χ1v) is 17.3. The lowest BCUT2D eigenvalue weighted by Crippen LogP contribution is -1.76. The van der Waals surface area contributed by atoms with Crippen LogP contribution in [-0.4, -0.2) is 9.97 Å². The lowest BCUT2D eigenvalue weighted by atomic mass is 10.1. The number of aromatic nitrogens is 2. The van der Waals surface area contributed by atoms with Crippen molar-refractivity contribution in [3.8, 4) is 40.7 Å². The van der Waals surface area contributed by atoms with Gasteiger partial charge < -0.3 is 8.83 Å². The molecule has 10 aromatic rings. The maximum Gasteiger partial charge on any atom is 0.134 e. The molecule has 6 aromatic heterocycles. The fourth-order valence-electron chi connectivity index (χ4n) is 5.74. The molecule has 0 unspecified atom stereocenters. The second-order valence-electron chi connectivity index (χ2n) is 10.7. The molecule has 0 saturated heterocycles. The summed E-state index contributed by atoms with van der Waals surface area (Å²) in [4.78, 5) is 14.9. The van der Waals surface area contributed by atoms with Gasteiger partial charge in [0.15, 0.2) is 0 Å². The van der Waals surface area contributed by atoms with E-state index in [1.165, 1.54) is 39.7 Å². The second kappa shape index (κ2) is 9.45. The first-order chi connectivity index (χ1) is 21.7. The Kier molecular flexibility index (Phi) is 5.33. The lowest BCUT2D eigenvalue weighted by molar-refractivity contribution is 0.615. The van der Waals surface area contributed by atoms with Gasteiger partial charge in [0.1, 0.15) is 21.2 Å². The molecule has 208 valence electrons. The first-order valence-electron chi connectivity index (χ1n) is 14.0. The summed E-state index contributed by atoms with van der Waals surface area (Å²) >= 11 is 7.03. The SMILES string of the molecule is c1cc2ccc(-c3ccc(-c4nc5cc6cc7sc(-c8ccc(-c9ccc%10ccoc%10c9)s8)nc7cc6cc5s4)s3)cc2o1. The summed E-state index contributed by atoms with van der Waals surface area (Å²) in [6, 6.07) is 34.4. The minimum atomic E-state index is 0.911. The maximum atomic E-state index is 5.62. The molecule has 4 aromatic carbocycles. The predicted molar refractivity (Wildman–Crippen MR) is 187 cm³/mol. The van der Waals surface area contributed by atoms with E-state index in [1.807, 2.05) is 12.1 Å². The molecule has 0 radical (unpaired) electrons. The molecule has 44 heavy (non-hydrogen) atoms. The molecule has 10 rings (SSSR count). The Morgan fingerprint density at radius 1 is 0.409 bits per heavy atom. The third-order valence-corrected chi connectivity index (χ3v) is 12.6. The topological polar surface area (TPSA) is 52.1 Å². The van der Waals surface area contributed by atoms with Crippen molar-refractivity contribution in [1.29, 1.82) is 0 Å². The second-order valence-corrected chi connectivity index (χ2v) is 14.9. The molecular weight excluding hydrogens is 621 g/mol. The molecule has 0 aliphatic heterocycles. The number of benzene rings is 4. The van der Waals surface area contributed by atoms with Crippen molar-refractivity contribution >= 4 is 98.5 Å². The van der Waals surface area contributed by atoms with Gasteiger partial charge in [0.2, 0.25) is 0 Å². The van der Waals surface area contributed by atoms with Crippen molar-refractivity contribution in [2.24, 2.45) is 0 Å². The smallest absolute Gasteiger partial charge is 0.134 e. The largest absolute Gasteiger partial charge is 0.464 e. The predicted octanol–water partition coefficient (Wildman–Crippen LogP) is 12.3. The number of hydrogen-bond acceptors (Lipinski definition) is 8. The van der Waals surface area contributed by atoms with Crippen LogP contribution in [0.15, 0.2) is 118 Å². The van der Waals surface area contributed by atoms with Gasteiger partial charge >= 0.3 is 0 Å². The van der Waals surface area contributed by atoms with Gasteiger partial charge in [-0.15, -0.1) is 45.3 Å². The van der Waals surface area contributed by atoms with E-state index in [2.05, 4.69) is 84.9 Å². The molecule has 0 aliphatic rings. The molecule has 8 heteroatoms. The summed E-state index contributed by atoms with van der Waals surface area (Å²) in [6.07, 6.45) is 3.48. The zero-order chi connectivity index (χ0) is 28.8. The van der Waals surface area contributed by atoms with Crippen LogP contribution in [0.25, 0.3) is 93.8 Å². The molecule has 0 saturated carbocycles. The molecule has 6 heterocycles. The first kappa shape index (κ1) is 24.8. The van der Waals surface area contributed by atoms with Crippen molar-refractivity contribution in [3.63, 3.8) is 0 Å². The number of thiazole rings is 2. The van der Waals surface area contributed by atoms with Crippen LogP contribution in [0.5, 0.6) is 0 Å². The average molecular weight is 639 g/mol. The van der Waals surface area contributed by atoms with E-state index in [4.69, 9.17) is 18.8 Å². The maximum absolute atomic E-state index is 5.62. The van der Waals surface area contributed by atoms with Crippen LogP contribution in [-0.2, 0) is 0 Å². The summed E-state index contributed by atoms with van der Waals surface area (Å²) in [7, 11) is 0. The van der Waals surface area contributed by atoms with E-state index in [0.717, 1.165) is 54.1 Å². The summed E-state index contributed by atoms with van der Waals surface area (Å²) < 4.78 is 13.6. The number of thiophene rings is 2. The van der Waals surface area contributed by atoms with Crippen LogP contribution in [0.1, 0.15) is 0 Å². The molecule has 0 spiro atoms. The molecule has 0 bridgehead atoms. The van der Waals surface area contributed by atoms with E-state index in [-0.39, 0.29) is 0 Å². The highest BCUT2D eigenvalue weighted by molar-refractivity contribution is 7.27. The summed E-state index contributed by atoms with van der Waals surface area (Å²) in [5.74, 6) is 0. The quantitative estimate of drug-likeness (QED) is 0.192. The standard InChI is InChI=1S/C36H18N2O2S4/c1-3-21(15-27-19(1)9-11-39-27)29-5-7-31(41-29)35-37-25-13-23-18-34-26(14-24(23)17-33(25)43-35)38-36(44-34)32-8-6-30(42-32)22-4-2-20-10-12-40-28(20)16-22/h1-18H. The zero-order valence-corrected chi connectivity index (χ0v) is 26.0. The van der Waals surface area contributed by atoms with E-state index in [9.17, 15) is 0 Å². The highest BCUT2D eigenvalue weighted by Crippen LogP contribution is 2.42.